The number of carbonyl (C=O) groups is 2. The number of carbonyl (C=O) groups excluding carboxylic acids is 2. The number of amides is 2. The number of thiophene rings is 1. The zero-order valence-corrected chi connectivity index (χ0v) is 20.2. The molecule has 4 rings (SSSR count). The van der Waals surface area contributed by atoms with E-state index in [1.54, 1.807) is 28.4 Å². The normalized spacial score (nSPS) is 15.6. The van der Waals surface area contributed by atoms with E-state index in [-0.39, 0.29) is 30.4 Å². The Labute approximate surface area is 200 Å². The van der Waals surface area contributed by atoms with Crippen molar-refractivity contribution in [2.45, 2.75) is 39.3 Å². The van der Waals surface area contributed by atoms with E-state index in [4.69, 9.17) is 0 Å². The quantitative estimate of drug-likeness (QED) is 0.459. The molecule has 1 aliphatic heterocycles. The molecule has 33 heavy (non-hydrogen) atoms. The molecule has 0 bridgehead atoms. The van der Waals surface area contributed by atoms with Crippen molar-refractivity contribution in [1.29, 1.82) is 0 Å². The van der Waals surface area contributed by atoms with Crippen molar-refractivity contribution >= 4 is 29.2 Å². The van der Waals surface area contributed by atoms with Gasteiger partial charge in [0, 0.05) is 23.5 Å². The Morgan fingerprint density at radius 3 is 2.52 bits per heavy atom. The molecule has 0 spiro atoms. The molecule has 0 saturated heterocycles. The molecule has 0 aliphatic carbocycles. The van der Waals surface area contributed by atoms with Crippen LogP contribution < -0.4 is 0 Å². The van der Waals surface area contributed by atoms with E-state index in [9.17, 15) is 9.59 Å². The molecule has 0 saturated carbocycles. The first-order chi connectivity index (χ1) is 16.0. The van der Waals surface area contributed by atoms with Crippen LogP contribution in [0.1, 0.15) is 47.0 Å². The fourth-order valence-corrected chi connectivity index (χ4v) is 5.30. The number of rotatable bonds is 6. The van der Waals surface area contributed by atoms with Crippen LogP contribution >= 0.6 is 11.3 Å². The van der Waals surface area contributed by atoms with Crippen LogP contribution in [0, 0.1) is 6.92 Å². The van der Waals surface area contributed by atoms with Crippen molar-refractivity contribution in [1.82, 2.24) is 9.80 Å². The predicted octanol–water partition coefficient (Wildman–Crippen LogP) is 5.48. The second-order valence-electron chi connectivity index (χ2n) is 8.70. The van der Waals surface area contributed by atoms with E-state index in [0.29, 0.717) is 6.54 Å². The Bertz CT molecular complexity index is 1150. The van der Waals surface area contributed by atoms with Gasteiger partial charge in [0.15, 0.2) is 0 Å². The molecule has 5 heteroatoms. The summed E-state index contributed by atoms with van der Waals surface area (Å²) < 4.78 is 0. The molecule has 2 heterocycles. The van der Waals surface area contributed by atoms with Crippen LogP contribution in [0.15, 0.2) is 72.1 Å². The van der Waals surface area contributed by atoms with Gasteiger partial charge < -0.3 is 9.80 Å². The second-order valence-corrected chi connectivity index (χ2v) is 9.70. The van der Waals surface area contributed by atoms with Crippen LogP contribution in [-0.2, 0) is 16.0 Å². The SMILES string of the molecule is Cc1ccccc1C1c2ccsc2CCN1C(=O)CN(C(=O)/C=C/c1ccccc1)C(C)C. The molecule has 3 aromatic rings. The molecular weight excluding hydrogens is 428 g/mol. The van der Waals surface area contributed by atoms with Crippen LogP contribution in [0.5, 0.6) is 0 Å². The van der Waals surface area contributed by atoms with Crippen LogP contribution in [0.4, 0.5) is 0 Å². The molecule has 1 unspecified atom stereocenters. The third-order valence-corrected chi connectivity index (χ3v) is 7.20. The third kappa shape index (κ3) is 5.09. The Morgan fingerprint density at radius 2 is 1.79 bits per heavy atom. The maximum absolute atomic E-state index is 13.6. The minimum Gasteiger partial charge on any atom is -0.330 e. The highest BCUT2D eigenvalue weighted by Crippen LogP contribution is 2.39. The van der Waals surface area contributed by atoms with Gasteiger partial charge in [0.25, 0.3) is 0 Å². The van der Waals surface area contributed by atoms with Gasteiger partial charge in [-0.2, -0.15) is 0 Å². The van der Waals surface area contributed by atoms with Crippen LogP contribution in [0.25, 0.3) is 6.08 Å². The summed E-state index contributed by atoms with van der Waals surface area (Å²) in [4.78, 5) is 31.6. The third-order valence-electron chi connectivity index (χ3n) is 6.20. The number of nitrogens with zero attached hydrogens (tertiary/aromatic N) is 2. The Balaban J connectivity index is 1.58. The maximum atomic E-state index is 13.6. The average Bonchev–Trinajstić information content (AvgIpc) is 3.30. The van der Waals surface area contributed by atoms with Gasteiger partial charge in [-0.1, -0.05) is 54.6 Å². The van der Waals surface area contributed by atoms with Gasteiger partial charge in [0.05, 0.1) is 6.04 Å². The standard InChI is InChI=1S/C28H30N2O2S/c1-20(2)30(26(31)14-13-22-10-5-4-6-11-22)19-27(32)29-17-15-25-24(16-18-33-25)28(29)23-12-8-7-9-21(23)3/h4-14,16,18,20,28H,15,17,19H2,1-3H3/b14-13+. The molecule has 1 aliphatic rings. The summed E-state index contributed by atoms with van der Waals surface area (Å²) >= 11 is 1.76. The second kappa shape index (κ2) is 10.2. The molecule has 1 atom stereocenters. The summed E-state index contributed by atoms with van der Waals surface area (Å²) in [6.07, 6.45) is 4.22. The van der Waals surface area contributed by atoms with Gasteiger partial charge in [-0.3, -0.25) is 9.59 Å². The van der Waals surface area contributed by atoms with E-state index >= 15 is 0 Å². The van der Waals surface area contributed by atoms with Crippen molar-refractivity contribution < 1.29 is 9.59 Å². The van der Waals surface area contributed by atoms with Gasteiger partial charge in [0.2, 0.25) is 11.8 Å². The van der Waals surface area contributed by atoms with Crippen molar-refractivity contribution in [3.8, 4) is 0 Å². The summed E-state index contributed by atoms with van der Waals surface area (Å²) in [6, 6.07) is 19.9. The Morgan fingerprint density at radius 1 is 1.06 bits per heavy atom. The predicted molar refractivity (Wildman–Crippen MR) is 135 cm³/mol. The van der Waals surface area contributed by atoms with Gasteiger partial charge in [0.1, 0.15) is 6.54 Å². The average molecular weight is 459 g/mol. The lowest BCUT2D eigenvalue weighted by molar-refractivity contribution is -0.140. The van der Waals surface area contributed by atoms with Gasteiger partial charge in [-0.15, -0.1) is 11.3 Å². The topological polar surface area (TPSA) is 40.6 Å². The number of hydrogen-bond donors (Lipinski definition) is 0. The van der Waals surface area contributed by atoms with E-state index in [1.165, 1.54) is 16.0 Å². The lowest BCUT2D eigenvalue weighted by Crippen LogP contribution is -2.48. The maximum Gasteiger partial charge on any atom is 0.247 e. The van der Waals surface area contributed by atoms with Crippen LogP contribution in [0.2, 0.25) is 0 Å². The Hall–Kier alpha value is -3.18. The minimum atomic E-state index is -0.150. The minimum absolute atomic E-state index is 0.0183. The summed E-state index contributed by atoms with van der Waals surface area (Å²) in [5.74, 6) is -0.168. The number of hydrogen-bond acceptors (Lipinski definition) is 3. The first-order valence-electron chi connectivity index (χ1n) is 11.4. The summed E-state index contributed by atoms with van der Waals surface area (Å²) in [6.45, 7) is 6.72. The Kier molecular flexibility index (Phi) is 7.09. The van der Waals surface area contributed by atoms with Crippen molar-refractivity contribution in [2.75, 3.05) is 13.1 Å². The fraction of sp³-hybridized carbons (Fsp3) is 0.286. The van der Waals surface area contributed by atoms with E-state index < -0.39 is 0 Å². The zero-order chi connectivity index (χ0) is 23.4. The van der Waals surface area contributed by atoms with Gasteiger partial charge in [-0.05, 0) is 67.0 Å². The molecule has 1 aromatic heterocycles. The molecule has 4 nitrogen and oxygen atoms in total. The van der Waals surface area contributed by atoms with Gasteiger partial charge >= 0.3 is 0 Å². The molecule has 0 radical (unpaired) electrons. The fourth-order valence-electron chi connectivity index (χ4n) is 4.39. The van der Waals surface area contributed by atoms with Crippen LogP contribution in [-0.4, -0.2) is 40.7 Å². The number of fused-ring (bicyclic) bond motifs is 1. The van der Waals surface area contributed by atoms with E-state index in [2.05, 4.69) is 30.5 Å². The number of aryl methyl sites for hydroxylation is 1. The summed E-state index contributed by atoms with van der Waals surface area (Å²) in [5, 5.41) is 2.11. The molecular formula is C28H30N2O2S. The highest BCUT2D eigenvalue weighted by Gasteiger charge is 2.34. The van der Waals surface area contributed by atoms with Crippen molar-refractivity contribution in [2.24, 2.45) is 0 Å². The van der Waals surface area contributed by atoms with E-state index in [1.807, 2.05) is 61.2 Å². The zero-order valence-electron chi connectivity index (χ0n) is 19.4. The largest absolute Gasteiger partial charge is 0.330 e. The summed E-state index contributed by atoms with van der Waals surface area (Å²) in [5.41, 5.74) is 4.49. The monoisotopic (exact) mass is 458 g/mol. The first-order valence-corrected chi connectivity index (χ1v) is 12.3. The summed E-state index contributed by atoms with van der Waals surface area (Å²) in [7, 11) is 0. The molecule has 0 N–H and O–H groups in total. The highest BCUT2D eigenvalue weighted by molar-refractivity contribution is 7.10. The molecule has 170 valence electrons. The first kappa shape index (κ1) is 23.0. The lowest BCUT2D eigenvalue weighted by atomic mass is 9.90. The number of benzene rings is 2. The highest BCUT2D eigenvalue weighted by atomic mass is 32.1. The molecule has 0 fully saturated rings. The smallest absolute Gasteiger partial charge is 0.247 e. The lowest BCUT2D eigenvalue weighted by Gasteiger charge is -2.38. The molecule has 2 amide bonds. The van der Waals surface area contributed by atoms with Crippen molar-refractivity contribution in [3.05, 3.63) is 99.3 Å². The van der Waals surface area contributed by atoms with Crippen LogP contribution in [0.3, 0.4) is 0 Å². The molecule has 2 aromatic carbocycles. The van der Waals surface area contributed by atoms with Gasteiger partial charge in [-0.25, -0.2) is 0 Å². The van der Waals surface area contributed by atoms with E-state index in [0.717, 1.165) is 17.5 Å². The van der Waals surface area contributed by atoms with Crippen molar-refractivity contribution in [3.63, 3.8) is 0 Å².